The van der Waals surface area contributed by atoms with Gasteiger partial charge in [-0.15, -0.1) is 0 Å². The van der Waals surface area contributed by atoms with Gasteiger partial charge >= 0.3 is 0 Å². The largest absolute Gasteiger partial charge is 0.378 e. The Morgan fingerprint density at radius 3 is 2.79 bits per heavy atom. The van der Waals surface area contributed by atoms with E-state index in [-0.39, 0.29) is 5.91 Å². The molecule has 0 unspecified atom stereocenters. The number of para-hydroxylation sites is 2. The number of benzene rings is 2. The van der Waals surface area contributed by atoms with Gasteiger partial charge in [0.15, 0.2) is 5.16 Å². The minimum absolute atomic E-state index is 0.0828. The molecule has 0 radical (unpaired) electrons. The maximum Gasteiger partial charge on any atom is 0.251 e. The number of nitrogens with one attached hydrogen (secondary N) is 2. The molecule has 168 valence electrons. The molecule has 8 heteroatoms. The average molecular weight is 460 g/mol. The molecule has 1 amide bonds. The van der Waals surface area contributed by atoms with Crippen molar-refractivity contribution in [3.63, 3.8) is 0 Å². The summed E-state index contributed by atoms with van der Waals surface area (Å²) in [4.78, 5) is 27.6. The summed E-state index contributed by atoms with van der Waals surface area (Å²) in [7, 11) is 0. The SMILES string of the molecule is O=C(NCc1ccnc(N2CCOCC2)c1)c1ccccc1CSc1nc2ccccc2[nH]1. The minimum atomic E-state index is -0.0828. The zero-order valence-corrected chi connectivity index (χ0v) is 19.0. The second kappa shape index (κ2) is 10.1. The average Bonchev–Trinajstić information content (AvgIpc) is 3.30. The number of pyridine rings is 1. The minimum Gasteiger partial charge on any atom is -0.378 e. The zero-order chi connectivity index (χ0) is 22.5. The van der Waals surface area contributed by atoms with Crippen LogP contribution in [-0.4, -0.2) is 47.2 Å². The molecule has 7 nitrogen and oxygen atoms in total. The molecule has 2 N–H and O–H groups in total. The molecular formula is C25H25N5O2S. The van der Waals surface area contributed by atoms with Crippen LogP contribution in [0.25, 0.3) is 11.0 Å². The molecule has 1 aliphatic heterocycles. The van der Waals surface area contributed by atoms with Crippen LogP contribution >= 0.6 is 11.8 Å². The lowest BCUT2D eigenvalue weighted by molar-refractivity contribution is 0.0950. The Balaban J connectivity index is 1.23. The molecule has 33 heavy (non-hydrogen) atoms. The summed E-state index contributed by atoms with van der Waals surface area (Å²) in [6, 6.07) is 19.7. The maximum atomic E-state index is 13.0. The fourth-order valence-electron chi connectivity index (χ4n) is 3.83. The van der Waals surface area contributed by atoms with Crippen molar-refractivity contribution in [1.82, 2.24) is 20.3 Å². The first kappa shape index (κ1) is 21.5. The molecule has 0 bridgehead atoms. The normalized spacial score (nSPS) is 13.9. The van der Waals surface area contributed by atoms with E-state index in [0.29, 0.717) is 31.1 Å². The lowest BCUT2D eigenvalue weighted by Crippen LogP contribution is -2.36. The van der Waals surface area contributed by atoms with Crippen molar-refractivity contribution in [2.45, 2.75) is 17.5 Å². The number of carbonyl (C=O) groups excluding carboxylic acids is 1. The number of fused-ring (bicyclic) bond motifs is 1. The van der Waals surface area contributed by atoms with Gasteiger partial charge in [-0.25, -0.2) is 9.97 Å². The van der Waals surface area contributed by atoms with Gasteiger partial charge in [-0.3, -0.25) is 4.79 Å². The predicted octanol–water partition coefficient (Wildman–Crippen LogP) is 4.02. The van der Waals surface area contributed by atoms with E-state index in [1.165, 1.54) is 0 Å². The molecule has 0 saturated carbocycles. The smallest absolute Gasteiger partial charge is 0.251 e. The number of hydrogen-bond acceptors (Lipinski definition) is 6. The van der Waals surface area contributed by atoms with Crippen molar-refractivity contribution in [2.75, 3.05) is 31.2 Å². The van der Waals surface area contributed by atoms with E-state index in [0.717, 1.165) is 46.2 Å². The van der Waals surface area contributed by atoms with Crippen LogP contribution in [0.3, 0.4) is 0 Å². The number of amides is 1. The predicted molar refractivity (Wildman–Crippen MR) is 131 cm³/mol. The molecule has 1 fully saturated rings. The molecule has 0 atom stereocenters. The number of rotatable bonds is 7. The Hall–Kier alpha value is -3.36. The van der Waals surface area contributed by atoms with Gasteiger partial charge in [-0.05, 0) is 41.5 Å². The number of aromatic nitrogens is 3. The summed E-state index contributed by atoms with van der Waals surface area (Å²) in [6.45, 7) is 3.54. The highest BCUT2D eigenvalue weighted by atomic mass is 32.2. The second-order valence-electron chi connectivity index (χ2n) is 7.81. The van der Waals surface area contributed by atoms with Gasteiger partial charge in [0.1, 0.15) is 5.82 Å². The molecule has 1 saturated heterocycles. The van der Waals surface area contributed by atoms with E-state index in [1.54, 1.807) is 18.0 Å². The van der Waals surface area contributed by atoms with Crippen molar-refractivity contribution in [2.24, 2.45) is 0 Å². The molecule has 2 aromatic heterocycles. The molecular weight excluding hydrogens is 434 g/mol. The first-order valence-electron chi connectivity index (χ1n) is 11.0. The summed E-state index contributed by atoms with van der Waals surface area (Å²) in [5, 5.41) is 3.91. The number of thioether (sulfide) groups is 1. The van der Waals surface area contributed by atoms with E-state index in [9.17, 15) is 4.79 Å². The number of imidazole rings is 1. The summed E-state index contributed by atoms with van der Waals surface area (Å²) in [5.41, 5.74) is 4.64. The number of carbonyl (C=O) groups is 1. The Kier molecular flexibility index (Phi) is 6.55. The Morgan fingerprint density at radius 2 is 1.91 bits per heavy atom. The highest BCUT2D eigenvalue weighted by Crippen LogP contribution is 2.24. The van der Waals surface area contributed by atoms with E-state index in [2.05, 4.69) is 25.2 Å². The number of aromatic amines is 1. The fraction of sp³-hybridized carbons (Fsp3) is 0.240. The van der Waals surface area contributed by atoms with Gasteiger partial charge in [0.2, 0.25) is 0 Å². The second-order valence-corrected chi connectivity index (χ2v) is 8.77. The monoisotopic (exact) mass is 459 g/mol. The number of morpholine rings is 1. The van der Waals surface area contributed by atoms with Crippen LogP contribution in [0, 0.1) is 0 Å². The summed E-state index contributed by atoms with van der Waals surface area (Å²) in [6.07, 6.45) is 1.80. The number of H-pyrrole nitrogens is 1. The van der Waals surface area contributed by atoms with E-state index in [1.807, 2.05) is 60.7 Å². The molecule has 0 spiro atoms. The van der Waals surface area contributed by atoms with Crippen molar-refractivity contribution in [1.29, 1.82) is 0 Å². The van der Waals surface area contributed by atoms with E-state index < -0.39 is 0 Å². The standard InChI is InChI=1S/C25H25N5O2S/c31-24(27-16-18-9-10-26-23(15-18)30-11-13-32-14-12-30)20-6-2-1-5-19(20)17-33-25-28-21-7-3-4-8-22(21)29-25/h1-10,15H,11-14,16-17H2,(H,27,31)(H,28,29). The highest BCUT2D eigenvalue weighted by molar-refractivity contribution is 7.98. The van der Waals surface area contributed by atoms with Gasteiger partial charge in [-0.2, -0.15) is 0 Å². The molecule has 0 aliphatic carbocycles. The molecule has 1 aliphatic rings. The number of anilines is 1. The first-order chi connectivity index (χ1) is 16.3. The van der Waals surface area contributed by atoms with Crippen molar-refractivity contribution >= 4 is 34.5 Å². The Morgan fingerprint density at radius 1 is 1.09 bits per heavy atom. The molecule has 4 aromatic rings. The number of hydrogen-bond donors (Lipinski definition) is 2. The lowest BCUT2D eigenvalue weighted by atomic mass is 10.1. The molecule has 2 aromatic carbocycles. The molecule has 5 rings (SSSR count). The third-order valence-corrected chi connectivity index (χ3v) is 6.51. The summed E-state index contributed by atoms with van der Waals surface area (Å²) >= 11 is 1.59. The van der Waals surface area contributed by atoms with Crippen molar-refractivity contribution in [3.8, 4) is 0 Å². The van der Waals surface area contributed by atoms with Crippen molar-refractivity contribution < 1.29 is 9.53 Å². The third-order valence-electron chi connectivity index (χ3n) is 5.59. The highest BCUT2D eigenvalue weighted by Gasteiger charge is 2.14. The van der Waals surface area contributed by atoms with Gasteiger partial charge in [0.05, 0.1) is 24.2 Å². The Labute approximate surface area is 196 Å². The number of nitrogens with zero attached hydrogens (tertiary/aromatic N) is 3. The molecule has 3 heterocycles. The number of ether oxygens (including phenoxy) is 1. The Bertz CT molecular complexity index is 1220. The van der Waals surface area contributed by atoms with E-state index >= 15 is 0 Å². The fourth-order valence-corrected chi connectivity index (χ4v) is 4.71. The van der Waals surface area contributed by atoms with Crippen LogP contribution in [0.15, 0.2) is 72.0 Å². The lowest BCUT2D eigenvalue weighted by Gasteiger charge is -2.28. The maximum absolute atomic E-state index is 13.0. The van der Waals surface area contributed by atoms with Crippen LogP contribution in [0.5, 0.6) is 0 Å². The van der Waals surface area contributed by atoms with E-state index in [4.69, 9.17) is 4.74 Å². The van der Waals surface area contributed by atoms with Gasteiger partial charge in [0, 0.05) is 37.1 Å². The van der Waals surface area contributed by atoms with Crippen molar-refractivity contribution in [3.05, 3.63) is 83.6 Å². The summed E-state index contributed by atoms with van der Waals surface area (Å²) < 4.78 is 5.42. The van der Waals surface area contributed by atoms with Gasteiger partial charge < -0.3 is 19.9 Å². The third kappa shape index (κ3) is 5.18. The van der Waals surface area contributed by atoms with Crippen LogP contribution in [0.4, 0.5) is 5.82 Å². The van der Waals surface area contributed by atoms with Gasteiger partial charge in [0.25, 0.3) is 5.91 Å². The quantitative estimate of drug-likeness (QED) is 0.406. The van der Waals surface area contributed by atoms with Crippen LogP contribution in [0.1, 0.15) is 21.5 Å². The van der Waals surface area contributed by atoms with Gasteiger partial charge in [-0.1, -0.05) is 42.1 Å². The first-order valence-corrected chi connectivity index (χ1v) is 12.0. The van der Waals surface area contributed by atoms with Crippen LogP contribution in [-0.2, 0) is 17.0 Å². The van der Waals surface area contributed by atoms with Crippen LogP contribution < -0.4 is 10.2 Å². The topological polar surface area (TPSA) is 83.1 Å². The zero-order valence-electron chi connectivity index (χ0n) is 18.2. The summed E-state index contributed by atoms with van der Waals surface area (Å²) in [5.74, 6) is 1.49. The van der Waals surface area contributed by atoms with Crippen LogP contribution in [0.2, 0.25) is 0 Å².